The minimum Gasteiger partial charge on any atom is 2.00 e. The summed E-state index contributed by atoms with van der Waals surface area (Å²) in [6, 6.07) is 1.68. The van der Waals surface area contributed by atoms with Gasteiger partial charge in [0.05, 0.1) is 25.2 Å². The molecule has 3 aliphatic rings. The Morgan fingerprint density at radius 3 is 1.09 bits per heavy atom. The van der Waals surface area contributed by atoms with Gasteiger partial charge in [-0.15, -0.1) is 0 Å². The van der Waals surface area contributed by atoms with Crippen LogP contribution in [0.15, 0.2) is 9.98 Å². The summed E-state index contributed by atoms with van der Waals surface area (Å²) in [5, 5.41) is 0. The van der Waals surface area contributed by atoms with Gasteiger partial charge < -0.3 is 9.47 Å². The van der Waals surface area contributed by atoms with E-state index >= 15 is 0 Å². The van der Waals surface area contributed by atoms with Crippen LogP contribution in [0, 0.1) is 11.8 Å². The van der Waals surface area contributed by atoms with Gasteiger partial charge in [0.2, 0.25) is 0 Å². The van der Waals surface area contributed by atoms with Crippen LogP contribution in [0.4, 0.5) is 33.8 Å². The third kappa shape index (κ3) is 24.1. The maximum Gasteiger partial charge on any atom is 2.00 e. The van der Waals surface area contributed by atoms with Crippen molar-refractivity contribution >= 4 is 50.7 Å². The molecule has 0 bridgehead atoms. The maximum absolute atomic E-state index is 11.2. The average Bonchev–Trinajstić information content (AvgIpc) is 3.39. The molecule has 1 fully saturated rings. The fourth-order valence-corrected chi connectivity index (χ4v) is 4.52. The smallest absolute Gasteiger partial charge is 2.00 e. The molecule has 0 N–H and O–H groups in total. The molecule has 21 heteroatoms. The fourth-order valence-electron chi connectivity index (χ4n) is 4.52. The Hall–Kier alpha value is 0.176. The predicted octanol–water partition coefficient (Wildman–Crippen LogP) is 7.35. The van der Waals surface area contributed by atoms with E-state index in [0.717, 1.165) is 38.1 Å². The van der Waals surface area contributed by atoms with Crippen LogP contribution in [0.3, 0.4) is 0 Å². The minimum absolute atomic E-state index is 0. The van der Waals surface area contributed by atoms with E-state index < -0.39 is 39.0 Å². The van der Waals surface area contributed by atoms with Gasteiger partial charge in [0, 0.05) is 12.1 Å². The molecule has 1 radical (unpaired) electrons. The molecule has 0 aromatic carbocycles. The first kappa shape index (κ1) is 43.2. The molecule has 1 aliphatic carbocycles. The molecule has 2 aliphatic heterocycles. The molecule has 3 rings (SSSR count). The third-order valence-electron chi connectivity index (χ3n) is 6.60. The van der Waals surface area contributed by atoms with Gasteiger partial charge >= 0.3 is 89.8 Å². The van der Waals surface area contributed by atoms with Gasteiger partial charge in [-0.05, 0) is 38.8 Å². The largest absolute Gasteiger partial charge is 2.00 e. The first-order valence-electron chi connectivity index (χ1n) is 13.2. The van der Waals surface area contributed by atoms with Crippen molar-refractivity contribution in [1.82, 2.24) is 9.80 Å². The number of aliphatic imine (C=N–C) groups is 2. The summed E-state index contributed by atoms with van der Waals surface area (Å²) >= 11 is -22.5. The van der Waals surface area contributed by atoms with E-state index in [1.807, 2.05) is 0 Å². The quantitative estimate of drug-likeness (QED) is 0.189. The molecule has 1 saturated carbocycles. The summed E-state index contributed by atoms with van der Waals surface area (Å²) in [6.45, 7) is 12.0. The van der Waals surface area contributed by atoms with Gasteiger partial charge in [0.1, 0.15) is 13.2 Å². The third-order valence-corrected chi connectivity index (χ3v) is 6.60. The van der Waals surface area contributed by atoms with Gasteiger partial charge in [-0.2, -0.15) is 0 Å². The van der Waals surface area contributed by atoms with Crippen molar-refractivity contribution < 1.29 is 60.3 Å². The number of rotatable bonds is 8. The molecule has 0 amide bonds. The second-order valence-corrected chi connectivity index (χ2v) is 22.4. The summed E-state index contributed by atoms with van der Waals surface area (Å²) in [6.07, 6.45) is 5.06. The van der Waals surface area contributed by atoms with Crippen molar-refractivity contribution in [2.45, 2.75) is 77.5 Å². The number of hydrogen-bond donors (Lipinski definition) is 0. The predicted molar refractivity (Wildman–Crippen MR) is 140 cm³/mol. The second-order valence-electron chi connectivity index (χ2n) is 11.5. The van der Waals surface area contributed by atoms with E-state index in [9.17, 15) is 33.8 Å². The Morgan fingerprint density at radius 1 is 0.628 bits per heavy atom. The summed E-state index contributed by atoms with van der Waals surface area (Å²) in [4.78, 5) is 14.5. The average molecular weight is 919 g/mol. The SMILES string of the molecule is CC(C)[C@H]1COC(CN(C)[C@@H]2CCCC[C@H]2N(C)CC2=N[C@@H](C(C)C)CO2)=N1.[F][Sb-]([F])([F])([F])([F])[F].[F][Sb-]([F])([F])([F])([F])[F].[Mn+2]. The van der Waals surface area contributed by atoms with Crippen LogP contribution in [-0.4, -0.2) is 125 Å². The van der Waals surface area contributed by atoms with E-state index in [0.29, 0.717) is 36.0 Å². The zero-order chi connectivity index (χ0) is 33.1. The summed E-state index contributed by atoms with van der Waals surface area (Å²) in [5.74, 6) is 2.91. The van der Waals surface area contributed by atoms with E-state index in [-0.39, 0.29) is 17.1 Å². The molecule has 4 atom stereocenters. The molecule has 43 heavy (non-hydrogen) atoms. The van der Waals surface area contributed by atoms with E-state index in [1.54, 1.807) is 0 Å². The zero-order valence-corrected chi connectivity index (χ0v) is 30.8. The molecule has 261 valence electrons. The second kappa shape index (κ2) is 13.7. The molecular formula is C22H40F12MnN4O2Sb2. The molecule has 0 aromatic heterocycles. The Labute approximate surface area is 259 Å². The van der Waals surface area contributed by atoms with E-state index in [4.69, 9.17) is 19.5 Å². The van der Waals surface area contributed by atoms with Crippen molar-refractivity contribution in [3.63, 3.8) is 0 Å². The van der Waals surface area contributed by atoms with Crippen molar-refractivity contribution in [3.05, 3.63) is 0 Å². The van der Waals surface area contributed by atoms with Gasteiger partial charge in [-0.1, -0.05) is 40.5 Å². The van der Waals surface area contributed by atoms with Crippen molar-refractivity contribution in [2.24, 2.45) is 21.8 Å². The number of nitrogens with zero attached hydrogens (tertiary/aromatic N) is 4. The van der Waals surface area contributed by atoms with Crippen molar-refractivity contribution in [1.29, 1.82) is 0 Å². The van der Waals surface area contributed by atoms with E-state index in [2.05, 4.69) is 51.6 Å². The van der Waals surface area contributed by atoms with Crippen LogP contribution in [-0.2, 0) is 26.5 Å². The Bertz CT molecular complexity index is 879. The summed E-state index contributed by atoms with van der Waals surface area (Å²) in [5.41, 5.74) is 0. The zero-order valence-electron chi connectivity index (χ0n) is 24.5. The van der Waals surface area contributed by atoms with Crippen LogP contribution in [0.2, 0.25) is 0 Å². The normalized spacial score (nSPS) is 27.6. The van der Waals surface area contributed by atoms with Crippen molar-refractivity contribution in [3.8, 4) is 0 Å². The van der Waals surface area contributed by atoms with Gasteiger partial charge in [0.25, 0.3) is 0 Å². The van der Waals surface area contributed by atoms with Gasteiger partial charge in [-0.25, -0.2) is 9.98 Å². The first-order valence-corrected chi connectivity index (χ1v) is 24.7. The van der Waals surface area contributed by atoms with Crippen LogP contribution >= 0.6 is 0 Å². The molecule has 2 heterocycles. The Morgan fingerprint density at radius 2 is 0.884 bits per heavy atom. The number of likely N-dealkylation sites (N-methyl/N-ethyl adjacent to an activating group) is 2. The van der Waals surface area contributed by atoms with Crippen LogP contribution < -0.4 is 0 Å². The molecular weight excluding hydrogens is 879 g/mol. The maximum atomic E-state index is 9.93. The standard InChI is InChI=1S/C22H40N4O2.12FH.Mn.2Sb/c1-15(2)17-13-27-21(23-17)11-25(5)19-9-7-8-10-20(19)26(6)12-22-24-18(14-28-22)16(3)4;;;;;;;;;;;;;;;/h15-20H,7-14H2,1-6H3;12*1H;;;/q;;;;;;;;;;;;;+2;2*+5/p-12/t17-,18-,19-,20-;;;;;;;;;;;;;;;/m1.............../s1. The first-order chi connectivity index (χ1) is 18.2. The molecule has 6 nitrogen and oxygen atoms in total. The molecule has 0 spiro atoms. The van der Waals surface area contributed by atoms with Crippen LogP contribution in [0.1, 0.15) is 53.4 Å². The summed E-state index contributed by atoms with van der Waals surface area (Å²) in [7, 11) is 4.45. The van der Waals surface area contributed by atoms with Gasteiger partial charge in [0.15, 0.2) is 11.8 Å². The van der Waals surface area contributed by atoms with Crippen LogP contribution in [0.25, 0.3) is 0 Å². The number of halogens is 12. The monoisotopic (exact) mass is 917 g/mol. The molecule has 0 unspecified atom stereocenters. The fraction of sp³-hybridized carbons (Fsp3) is 0.909. The van der Waals surface area contributed by atoms with Gasteiger partial charge in [-0.3, -0.25) is 9.80 Å². The summed E-state index contributed by atoms with van der Waals surface area (Å²) < 4.78 is 131. The number of hydrogen-bond acceptors (Lipinski definition) is 6. The van der Waals surface area contributed by atoms with Crippen molar-refractivity contribution in [2.75, 3.05) is 40.4 Å². The number of ether oxygens (including phenoxy) is 2. The van der Waals surface area contributed by atoms with E-state index in [1.165, 1.54) is 25.7 Å². The Kier molecular flexibility index (Phi) is 13.8. The Balaban J connectivity index is 0.000000980. The molecule has 0 saturated heterocycles. The molecule has 0 aromatic rings. The van der Waals surface area contributed by atoms with Crippen LogP contribution in [0.5, 0.6) is 0 Å². The topological polar surface area (TPSA) is 49.7 Å². The minimum atomic E-state index is -11.2.